The van der Waals surface area contributed by atoms with Crippen molar-refractivity contribution in [1.29, 1.82) is 0 Å². The van der Waals surface area contributed by atoms with Gasteiger partial charge in [-0.15, -0.1) is 5.73 Å². The van der Waals surface area contributed by atoms with Crippen LogP contribution in [0.4, 0.5) is 0 Å². The molecule has 1 heteroatoms. The topological polar surface area (TPSA) is 17.1 Å². The molecule has 0 aromatic carbocycles. The van der Waals surface area contributed by atoms with Gasteiger partial charge < -0.3 is 0 Å². The van der Waals surface area contributed by atoms with Gasteiger partial charge in [0.15, 0.2) is 5.78 Å². The lowest BCUT2D eigenvalue weighted by Crippen LogP contribution is -2.08. The second-order valence-electron chi connectivity index (χ2n) is 2.99. The Hall–Kier alpha value is -0.810. The maximum atomic E-state index is 11.0. The van der Waals surface area contributed by atoms with Gasteiger partial charge in [0.05, 0.1) is 0 Å². The third-order valence-corrected chi connectivity index (χ3v) is 1.82. The standard InChI is InChI=1S/C9H12O/c1-7-4-3-5-9(10)8(2)6-7/h4-5,7-8H,6H2,1-2H3. The van der Waals surface area contributed by atoms with E-state index in [1.165, 1.54) is 0 Å². The Bertz CT molecular complexity index is 197. The van der Waals surface area contributed by atoms with Crippen molar-refractivity contribution in [3.8, 4) is 0 Å². The van der Waals surface area contributed by atoms with Crippen LogP contribution in [0.25, 0.3) is 0 Å². The number of carbonyl (C=O) groups is 1. The summed E-state index contributed by atoms with van der Waals surface area (Å²) in [6.07, 6.45) is 4.47. The highest BCUT2D eigenvalue weighted by Gasteiger charge is 2.14. The maximum Gasteiger partial charge on any atom is 0.166 e. The molecular formula is C9H12O. The molecule has 0 radical (unpaired) electrons. The second-order valence-corrected chi connectivity index (χ2v) is 2.99. The second kappa shape index (κ2) is 2.85. The van der Waals surface area contributed by atoms with E-state index in [9.17, 15) is 4.79 Å². The molecule has 0 aromatic rings. The molecule has 2 atom stereocenters. The van der Waals surface area contributed by atoms with Crippen LogP contribution in [0, 0.1) is 11.8 Å². The Labute approximate surface area is 61.4 Å². The molecule has 10 heavy (non-hydrogen) atoms. The SMILES string of the molecule is CC1C=C=CC(=O)C(C)C1. The van der Waals surface area contributed by atoms with Gasteiger partial charge in [0.1, 0.15) is 0 Å². The van der Waals surface area contributed by atoms with Crippen molar-refractivity contribution < 1.29 is 4.79 Å². The summed E-state index contributed by atoms with van der Waals surface area (Å²) >= 11 is 0. The van der Waals surface area contributed by atoms with Gasteiger partial charge in [-0.1, -0.05) is 13.8 Å². The van der Waals surface area contributed by atoms with Crippen LogP contribution in [0.5, 0.6) is 0 Å². The molecule has 1 rings (SSSR count). The average Bonchev–Trinajstić information content (AvgIpc) is 1.96. The van der Waals surface area contributed by atoms with Crippen LogP contribution in [-0.4, -0.2) is 5.78 Å². The first-order chi connectivity index (χ1) is 4.70. The lowest BCUT2D eigenvalue weighted by molar-refractivity contribution is -0.118. The van der Waals surface area contributed by atoms with Crippen LogP contribution >= 0.6 is 0 Å². The summed E-state index contributed by atoms with van der Waals surface area (Å²) in [6.45, 7) is 4.08. The summed E-state index contributed by atoms with van der Waals surface area (Å²) in [5.74, 6) is 0.888. The molecular weight excluding hydrogens is 124 g/mol. The maximum absolute atomic E-state index is 11.0. The molecule has 0 amide bonds. The van der Waals surface area contributed by atoms with Crippen LogP contribution in [0.15, 0.2) is 17.9 Å². The Morgan fingerprint density at radius 3 is 3.00 bits per heavy atom. The van der Waals surface area contributed by atoms with Crippen molar-refractivity contribution in [2.45, 2.75) is 20.3 Å². The number of ketones is 1. The minimum Gasteiger partial charge on any atom is -0.294 e. The fourth-order valence-electron chi connectivity index (χ4n) is 1.18. The third-order valence-electron chi connectivity index (χ3n) is 1.82. The highest BCUT2D eigenvalue weighted by molar-refractivity contribution is 5.91. The predicted octanol–water partition coefficient (Wildman–Crippen LogP) is 1.94. The van der Waals surface area contributed by atoms with Gasteiger partial charge in [-0.3, -0.25) is 4.79 Å². The van der Waals surface area contributed by atoms with E-state index in [-0.39, 0.29) is 11.7 Å². The van der Waals surface area contributed by atoms with Crippen molar-refractivity contribution in [3.63, 3.8) is 0 Å². The summed E-state index contributed by atoms with van der Waals surface area (Å²) in [5.41, 5.74) is 2.88. The molecule has 0 aromatic heterocycles. The minimum atomic E-state index is 0.182. The third kappa shape index (κ3) is 1.58. The predicted molar refractivity (Wildman–Crippen MR) is 40.6 cm³/mol. The van der Waals surface area contributed by atoms with Gasteiger partial charge in [-0.05, 0) is 18.4 Å². The number of allylic oxidation sites excluding steroid dienone is 1. The molecule has 0 bridgehead atoms. The lowest BCUT2D eigenvalue weighted by Gasteiger charge is -2.07. The summed E-state index contributed by atoms with van der Waals surface area (Å²) in [5, 5.41) is 0. The molecule has 0 saturated carbocycles. The van der Waals surface area contributed by atoms with E-state index in [2.05, 4.69) is 12.7 Å². The van der Waals surface area contributed by atoms with E-state index in [1.807, 2.05) is 13.0 Å². The molecule has 2 unspecified atom stereocenters. The normalized spacial score (nSPS) is 32.4. The van der Waals surface area contributed by atoms with Crippen molar-refractivity contribution in [3.05, 3.63) is 17.9 Å². The molecule has 54 valence electrons. The molecule has 0 heterocycles. The zero-order chi connectivity index (χ0) is 7.56. The van der Waals surface area contributed by atoms with Crippen LogP contribution in [0.2, 0.25) is 0 Å². The van der Waals surface area contributed by atoms with Gasteiger partial charge in [0.25, 0.3) is 0 Å². The summed E-state index contributed by atoms with van der Waals surface area (Å²) < 4.78 is 0. The van der Waals surface area contributed by atoms with Crippen LogP contribution in [0.3, 0.4) is 0 Å². The first kappa shape index (κ1) is 7.30. The van der Waals surface area contributed by atoms with E-state index in [0.29, 0.717) is 5.92 Å². The smallest absolute Gasteiger partial charge is 0.166 e. The minimum absolute atomic E-state index is 0.182. The van der Waals surface area contributed by atoms with Gasteiger partial charge >= 0.3 is 0 Å². The number of hydrogen-bond donors (Lipinski definition) is 0. The van der Waals surface area contributed by atoms with Crippen LogP contribution in [-0.2, 0) is 4.79 Å². The molecule has 0 fully saturated rings. The molecule has 0 spiro atoms. The molecule has 0 aliphatic heterocycles. The number of hydrogen-bond acceptors (Lipinski definition) is 1. The van der Waals surface area contributed by atoms with Gasteiger partial charge in [0, 0.05) is 12.0 Å². The van der Waals surface area contributed by atoms with E-state index < -0.39 is 0 Å². The molecule has 1 aliphatic carbocycles. The van der Waals surface area contributed by atoms with Crippen molar-refractivity contribution in [1.82, 2.24) is 0 Å². The molecule has 1 aliphatic rings. The largest absolute Gasteiger partial charge is 0.294 e. The fraction of sp³-hybridized carbons (Fsp3) is 0.556. The number of rotatable bonds is 0. The molecule has 0 N–H and O–H groups in total. The summed E-state index contributed by atoms with van der Waals surface area (Å²) in [6, 6.07) is 0. The van der Waals surface area contributed by atoms with Crippen molar-refractivity contribution in [2.24, 2.45) is 11.8 Å². The van der Waals surface area contributed by atoms with Crippen molar-refractivity contribution in [2.75, 3.05) is 0 Å². The zero-order valence-corrected chi connectivity index (χ0v) is 6.42. The molecule has 0 saturated heterocycles. The van der Waals surface area contributed by atoms with E-state index in [0.717, 1.165) is 6.42 Å². The van der Waals surface area contributed by atoms with Gasteiger partial charge in [0.2, 0.25) is 0 Å². The van der Waals surface area contributed by atoms with E-state index >= 15 is 0 Å². The Morgan fingerprint density at radius 2 is 2.30 bits per heavy atom. The van der Waals surface area contributed by atoms with E-state index in [4.69, 9.17) is 0 Å². The average molecular weight is 136 g/mol. The first-order valence-electron chi connectivity index (χ1n) is 3.66. The number of carbonyl (C=O) groups excluding carboxylic acids is 1. The lowest BCUT2D eigenvalue weighted by atomic mass is 9.96. The van der Waals surface area contributed by atoms with E-state index in [1.54, 1.807) is 6.08 Å². The molecule has 1 nitrogen and oxygen atoms in total. The zero-order valence-electron chi connectivity index (χ0n) is 6.42. The van der Waals surface area contributed by atoms with Gasteiger partial charge in [-0.25, -0.2) is 0 Å². The Balaban J connectivity index is 2.75. The highest BCUT2D eigenvalue weighted by atomic mass is 16.1. The van der Waals surface area contributed by atoms with Crippen LogP contribution in [0.1, 0.15) is 20.3 Å². The summed E-state index contributed by atoms with van der Waals surface area (Å²) in [4.78, 5) is 11.0. The highest BCUT2D eigenvalue weighted by Crippen LogP contribution is 2.16. The quantitative estimate of drug-likeness (QED) is 0.465. The monoisotopic (exact) mass is 136 g/mol. The Kier molecular flexibility index (Phi) is 2.08. The fourth-order valence-corrected chi connectivity index (χ4v) is 1.18. The Morgan fingerprint density at radius 1 is 1.60 bits per heavy atom. The van der Waals surface area contributed by atoms with Crippen LogP contribution < -0.4 is 0 Å². The summed E-state index contributed by atoms with van der Waals surface area (Å²) in [7, 11) is 0. The first-order valence-corrected chi connectivity index (χ1v) is 3.66. The van der Waals surface area contributed by atoms with Gasteiger partial charge in [-0.2, -0.15) is 0 Å². The van der Waals surface area contributed by atoms with Crippen molar-refractivity contribution >= 4 is 5.78 Å².